The number of nitrogens with zero attached hydrogens (tertiary/aromatic N) is 3. The SMILES string of the molecule is N#C/C(C1=NCCN=C1)=C(/N)c1cc(N)c(O)c(O)c1. The molecule has 6 N–H and O–H groups in total. The molecule has 7 heteroatoms. The number of nitrogens with two attached hydrogens (primary N) is 2. The summed E-state index contributed by atoms with van der Waals surface area (Å²) in [5, 5.41) is 28.2. The topological polar surface area (TPSA) is 141 Å². The van der Waals surface area contributed by atoms with Gasteiger partial charge in [0, 0.05) is 11.8 Å². The quantitative estimate of drug-likeness (QED) is 0.350. The lowest BCUT2D eigenvalue weighted by Gasteiger charge is -2.10. The number of phenols is 2. The summed E-state index contributed by atoms with van der Waals surface area (Å²) < 4.78 is 0. The zero-order chi connectivity index (χ0) is 14.7. The maximum absolute atomic E-state index is 9.55. The van der Waals surface area contributed by atoms with Crippen LogP contribution >= 0.6 is 0 Å². The molecular formula is C13H13N5O2. The van der Waals surface area contributed by atoms with E-state index in [4.69, 9.17) is 11.5 Å². The molecule has 0 bridgehead atoms. The van der Waals surface area contributed by atoms with E-state index in [1.54, 1.807) is 0 Å². The Morgan fingerprint density at radius 2 is 2.05 bits per heavy atom. The first-order chi connectivity index (χ1) is 9.54. The van der Waals surface area contributed by atoms with Crippen molar-refractivity contribution in [1.29, 1.82) is 5.26 Å². The molecule has 0 radical (unpaired) electrons. The second kappa shape index (κ2) is 5.32. The number of anilines is 1. The third kappa shape index (κ3) is 2.40. The molecule has 0 saturated carbocycles. The number of hydrogen-bond donors (Lipinski definition) is 4. The van der Waals surface area contributed by atoms with Gasteiger partial charge in [0.15, 0.2) is 11.5 Å². The maximum Gasteiger partial charge on any atom is 0.181 e. The van der Waals surface area contributed by atoms with E-state index in [2.05, 4.69) is 9.98 Å². The number of allylic oxidation sites excluding steroid dienone is 1. The van der Waals surface area contributed by atoms with Crippen molar-refractivity contribution in [2.24, 2.45) is 15.7 Å². The van der Waals surface area contributed by atoms with E-state index >= 15 is 0 Å². The molecule has 0 atom stereocenters. The molecule has 7 nitrogen and oxygen atoms in total. The molecule has 0 aliphatic carbocycles. The number of benzene rings is 1. The van der Waals surface area contributed by atoms with Gasteiger partial charge in [0.05, 0.1) is 30.2 Å². The monoisotopic (exact) mass is 271 g/mol. The van der Waals surface area contributed by atoms with Crippen LogP contribution in [0.5, 0.6) is 11.5 Å². The van der Waals surface area contributed by atoms with Crippen molar-refractivity contribution in [3.63, 3.8) is 0 Å². The van der Waals surface area contributed by atoms with Gasteiger partial charge in [-0.05, 0) is 12.1 Å². The Bertz CT molecular complexity index is 659. The zero-order valence-electron chi connectivity index (χ0n) is 10.5. The molecule has 0 spiro atoms. The molecule has 0 amide bonds. The summed E-state index contributed by atoms with van der Waals surface area (Å²) in [6.07, 6.45) is 1.48. The highest BCUT2D eigenvalue weighted by molar-refractivity contribution is 6.41. The first-order valence-electron chi connectivity index (χ1n) is 5.81. The number of aromatic hydroxyl groups is 2. The highest BCUT2D eigenvalue weighted by atomic mass is 16.3. The average molecular weight is 271 g/mol. The Kier molecular flexibility index (Phi) is 3.57. The molecule has 2 rings (SSSR count). The molecule has 1 aliphatic heterocycles. The first kappa shape index (κ1) is 13.4. The molecular weight excluding hydrogens is 258 g/mol. The smallest absolute Gasteiger partial charge is 0.181 e. The van der Waals surface area contributed by atoms with Gasteiger partial charge in [-0.25, -0.2) is 0 Å². The van der Waals surface area contributed by atoms with Crippen molar-refractivity contribution in [2.75, 3.05) is 18.8 Å². The van der Waals surface area contributed by atoms with Crippen molar-refractivity contribution < 1.29 is 10.2 Å². The van der Waals surface area contributed by atoms with Gasteiger partial charge >= 0.3 is 0 Å². The molecule has 20 heavy (non-hydrogen) atoms. The van der Waals surface area contributed by atoms with E-state index in [1.807, 2.05) is 6.07 Å². The minimum Gasteiger partial charge on any atom is -0.504 e. The average Bonchev–Trinajstić information content (AvgIpc) is 2.46. The van der Waals surface area contributed by atoms with Crippen LogP contribution in [0.25, 0.3) is 5.70 Å². The normalized spacial score (nSPS) is 15.2. The fourth-order valence-electron chi connectivity index (χ4n) is 1.76. The van der Waals surface area contributed by atoms with Gasteiger partial charge in [-0.15, -0.1) is 0 Å². The van der Waals surface area contributed by atoms with Gasteiger partial charge in [-0.2, -0.15) is 5.26 Å². The van der Waals surface area contributed by atoms with Crippen molar-refractivity contribution in [1.82, 2.24) is 0 Å². The summed E-state index contributed by atoms with van der Waals surface area (Å²) in [5.74, 6) is -0.823. The molecule has 0 saturated heterocycles. The van der Waals surface area contributed by atoms with Gasteiger partial charge in [-0.3, -0.25) is 9.98 Å². The molecule has 1 aliphatic rings. The zero-order valence-corrected chi connectivity index (χ0v) is 10.5. The maximum atomic E-state index is 9.55. The van der Waals surface area contributed by atoms with Crippen LogP contribution in [0.3, 0.4) is 0 Å². The Hall–Kier alpha value is -3.01. The lowest BCUT2D eigenvalue weighted by Crippen LogP contribution is -2.15. The molecule has 0 aromatic heterocycles. The minimum absolute atomic E-state index is 0.0283. The van der Waals surface area contributed by atoms with Gasteiger partial charge in [0.25, 0.3) is 0 Å². The molecule has 102 valence electrons. The van der Waals surface area contributed by atoms with Crippen LogP contribution in [0.4, 0.5) is 5.69 Å². The third-order valence-corrected chi connectivity index (χ3v) is 2.79. The molecule has 0 fully saturated rings. The second-order valence-corrected chi connectivity index (χ2v) is 4.14. The largest absolute Gasteiger partial charge is 0.504 e. The Morgan fingerprint density at radius 3 is 2.60 bits per heavy atom. The molecule has 0 unspecified atom stereocenters. The summed E-state index contributed by atoms with van der Waals surface area (Å²) in [4.78, 5) is 8.22. The van der Waals surface area contributed by atoms with Crippen LogP contribution in [0.2, 0.25) is 0 Å². The van der Waals surface area contributed by atoms with Crippen LogP contribution in [0, 0.1) is 11.3 Å². The molecule has 1 aromatic rings. The minimum atomic E-state index is -0.420. The number of phenolic OH excluding ortho intramolecular Hbond substituents is 2. The Morgan fingerprint density at radius 1 is 1.30 bits per heavy atom. The van der Waals surface area contributed by atoms with E-state index in [0.29, 0.717) is 24.4 Å². The van der Waals surface area contributed by atoms with E-state index in [9.17, 15) is 15.5 Å². The van der Waals surface area contributed by atoms with Gasteiger partial charge in [-0.1, -0.05) is 0 Å². The van der Waals surface area contributed by atoms with Crippen LogP contribution in [0.15, 0.2) is 27.7 Å². The number of nitriles is 1. The Balaban J connectivity index is 2.55. The first-order valence-corrected chi connectivity index (χ1v) is 5.81. The van der Waals surface area contributed by atoms with E-state index in [1.165, 1.54) is 18.3 Å². The molecule has 1 heterocycles. The predicted octanol–water partition coefficient (Wildman–Crippen LogP) is 0.399. The summed E-state index contributed by atoms with van der Waals surface area (Å²) >= 11 is 0. The van der Waals surface area contributed by atoms with Crippen LogP contribution in [-0.4, -0.2) is 35.2 Å². The number of rotatable bonds is 2. The van der Waals surface area contributed by atoms with Crippen molar-refractivity contribution in [3.8, 4) is 17.6 Å². The fraction of sp³-hybridized carbons (Fsp3) is 0.154. The summed E-state index contributed by atoms with van der Waals surface area (Å²) in [5.41, 5.74) is 12.4. The fourth-order valence-corrected chi connectivity index (χ4v) is 1.76. The van der Waals surface area contributed by atoms with Crippen molar-refractivity contribution in [3.05, 3.63) is 23.3 Å². The van der Waals surface area contributed by atoms with Gasteiger partial charge < -0.3 is 21.7 Å². The third-order valence-electron chi connectivity index (χ3n) is 2.79. The van der Waals surface area contributed by atoms with Crippen LogP contribution in [-0.2, 0) is 0 Å². The van der Waals surface area contributed by atoms with Crippen molar-refractivity contribution in [2.45, 2.75) is 0 Å². The summed E-state index contributed by atoms with van der Waals surface area (Å²) in [6.45, 7) is 1.07. The Labute approximate surface area is 115 Å². The second-order valence-electron chi connectivity index (χ2n) is 4.14. The van der Waals surface area contributed by atoms with Crippen LogP contribution < -0.4 is 11.5 Å². The highest BCUT2D eigenvalue weighted by Crippen LogP contribution is 2.34. The number of hydrogen-bond acceptors (Lipinski definition) is 7. The standard InChI is InChI=1S/C13H13N5O2/c14-5-8(10-6-17-1-2-18-10)12(16)7-3-9(15)13(20)11(19)4-7/h3-4,6,19-20H,1-2,15-16H2/b12-8-. The van der Waals surface area contributed by atoms with E-state index in [0.717, 1.165) is 0 Å². The lowest BCUT2D eigenvalue weighted by molar-refractivity contribution is 0.405. The van der Waals surface area contributed by atoms with Crippen molar-refractivity contribution >= 4 is 23.3 Å². The summed E-state index contributed by atoms with van der Waals surface area (Å²) in [6, 6.07) is 4.58. The lowest BCUT2D eigenvalue weighted by atomic mass is 10.0. The number of nitrogen functional groups attached to an aromatic ring is 1. The number of aliphatic imine (C=N–C) groups is 2. The van der Waals surface area contributed by atoms with E-state index in [-0.39, 0.29) is 17.0 Å². The summed E-state index contributed by atoms with van der Waals surface area (Å²) in [7, 11) is 0. The van der Waals surface area contributed by atoms with Gasteiger partial charge in [0.1, 0.15) is 11.6 Å². The molecule has 1 aromatic carbocycles. The highest BCUT2D eigenvalue weighted by Gasteiger charge is 2.15. The van der Waals surface area contributed by atoms with Gasteiger partial charge in [0.2, 0.25) is 0 Å². The van der Waals surface area contributed by atoms with E-state index < -0.39 is 11.5 Å². The predicted molar refractivity (Wildman–Crippen MR) is 76.6 cm³/mol. The van der Waals surface area contributed by atoms with Crippen LogP contribution in [0.1, 0.15) is 5.56 Å².